The predicted octanol–water partition coefficient (Wildman–Crippen LogP) is 0.996. The number of aliphatic carboxylic acids is 2. The molecule has 9 N–H and O–H groups in total. The standard InChI is InChI=1S/C31H40N8O10S2/c1-31(2,29(46)47)49-37-22(19(33-3)15-50-16-32)25(42)36-23-26(43)38-24(28(44)45)17(14-51-27(23)38)13-39(9-4-5-10-39)11-8-34-30(48)35-18-6-7-20(40)21(41)12-18/h6-7,12,15,23,27H,3-5,8-11,13-14,16,32H2,1-2H3,(H6-,34,35,36,37,40,41,42,44,45,46,47,48)/p+1/b19-15-/t23-,27?/m1/s1. The molecule has 51 heavy (non-hydrogen) atoms. The maximum Gasteiger partial charge on any atom is 0.352 e. The first kappa shape index (κ1) is 39.0. The number of quaternary nitrogens is 1. The number of fused-ring (bicyclic) bond motifs is 1. The van der Waals surface area contributed by atoms with Crippen LogP contribution in [0, 0.1) is 0 Å². The Morgan fingerprint density at radius 1 is 1.20 bits per heavy atom. The Hall–Kier alpha value is -4.79. The largest absolute Gasteiger partial charge is 0.504 e. The summed E-state index contributed by atoms with van der Waals surface area (Å²) in [6.45, 7) is 8.45. The Morgan fingerprint density at radius 2 is 1.90 bits per heavy atom. The molecule has 1 unspecified atom stereocenters. The minimum atomic E-state index is -1.81. The van der Waals surface area contributed by atoms with Crippen molar-refractivity contribution in [3.8, 4) is 11.5 Å². The van der Waals surface area contributed by atoms with Gasteiger partial charge < -0.3 is 51.4 Å². The summed E-state index contributed by atoms with van der Waals surface area (Å²) in [6, 6.07) is 2.25. The summed E-state index contributed by atoms with van der Waals surface area (Å²) in [5, 5.41) is 51.2. The van der Waals surface area contributed by atoms with E-state index in [0.717, 1.165) is 42.6 Å². The smallest absolute Gasteiger partial charge is 0.352 e. The summed E-state index contributed by atoms with van der Waals surface area (Å²) in [6.07, 6.45) is 1.80. The highest BCUT2D eigenvalue weighted by molar-refractivity contribution is 8.02. The molecular formula is C31H41N8O10S2+. The number of oxime groups is 1. The summed E-state index contributed by atoms with van der Waals surface area (Å²) in [4.78, 5) is 73.7. The lowest BCUT2D eigenvalue weighted by Gasteiger charge is -2.50. The van der Waals surface area contributed by atoms with Crippen molar-refractivity contribution < 1.29 is 53.7 Å². The molecule has 18 nitrogen and oxygen atoms in total. The Labute approximate surface area is 301 Å². The number of phenols is 2. The van der Waals surface area contributed by atoms with Gasteiger partial charge in [-0.05, 0) is 32.7 Å². The van der Waals surface area contributed by atoms with Crippen LogP contribution in [0.15, 0.2) is 50.7 Å². The number of nitrogens with zero attached hydrogens (tertiary/aromatic N) is 4. The van der Waals surface area contributed by atoms with Crippen LogP contribution < -0.4 is 21.7 Å². The number of amides is 4. The highest BCUT2D eigenvalue weighted by Crippen LogP contribution is 2.41. The number of aliphatic imine (C=N–C) groups is 1. The summed E-state index contributed by atoms with van der Waals surface area (Å²) in [7, 11) is 0. The van der Waals surface area contributed by atoms with Gasteiger partial charge in [0.05, 0.1) is 26.2 Å². The van der Waals surface area contributed by atoms with E-state index in [0.29, 0.717) is 23.1 Å². The number of phenolic OH excluding ortho intramolecular Hbond substituents is 2. The van der Waals surface area contributed by atoms with Crippen molar-refractivity contribution in [3.05, 3.63) is 40.6 Å². The minimum Gasteiger partial charge on any atom is -0.504 e. The number of carboxylic acid groups (broad SMARTS) is 2. The van der Waals surface area contributed by atoms with E-state index >= 15 is 0 Å². The number of rotatable bonds is 16. The van der Waals surface area contributed by atoms with E-state index < -0.39 is 52.5 Å². The lowest BCUT2D eigenvalue weighted by molar-refractivity contribution is -0.911. The molecule has 1 aromatic carbocycles. The Balaban J connectivity index is 1.47. The average molecular weight is 750 g/mol. The van der Waals surface area contributed by atoms with Gasteiger partial charge in [-0.3, -0.25) is 19.5 Å². The summed E-state index contributed by atoms with van der Waals surface area (Å²) in [5.41, 5.74) is 3.89. The molecule has 3 heterocycles. The third-order valence-corrected chi connectivity index (χ3v) is 10.4. The first-order valence-electron chi connectivity index (χ1n) is 15.7. The number of nitrogens with two attached hydrogens (primary N) is 1. The van der Waals surface area contributed by atoms with Gasteiger partial charge in [-0.15, -0.1) is 23.5 Å². The molecule has 20 heteroatoms. The van der Waals surface area contributed by atoms with Gasteiger partial charge in [-0.1, -0.05) is 5.16 Å². The zero-order chi connectivity index (χ0) is 37.5. The van der Waals surface area contributed by atoms with Crippen molar-refractivity contribution in [2.45, 2.75) is 43.7 Å². The molecule has 0 spiro atoms. The zero-order valence-electron chi connectivity index (χ0n) is 28.0. The number of hydrogen-bond acceptors (Lipinski definition) is 13. The van der Waals surface area contributed by atoms with Crippen LogP contribution in [0.2, 0.25) is 0 Å². The van der Waals surface area contributed by atoms with E-state index in [9.17, 15) is 44.4 Å². The Morgan fingerprint density at radius 3 is 2.51 bits per heavy atom. The molecule has 1 aromatic rings. The maximum absolute atomic E-state index is 13.5. The molecule has 2 saturated heterocycles. The van der Waals surface area contributed by atoms with Gasteiger partial charge in [-0.2, -0.15) is 0 Å². The molecule has 0 aromatic heterocycles. The van der Waals surface area contributed by atoms with E-state index in [2.05, 4.69) is 32.8 Å². The first-order valence-corrected chi connectivity index (χ1v) is 17.8. The van der Waals surface area contributed by atoms with Gasteiger partial charge in [0.1, 0.15) is 29.4 Å². The van der Waals surface area contributed by atoms with E-state index in [-0.39, 0.29) is 46.8 Å². The second-order valence-electron chi connectivity index (χ2n) is 12.4. The van der Waals surface area contributed by atoms with Crippen LogP contribution >= 0.6 is 23.5 Å². The monoisotopic (exact) mass is 749 g/mol. The maximum atomic E-state index is 13.5. The number of likely N-dealkylation sites (tertiary alicyclic amines) is 1. The van der Waals surface area contributed by atoms with Gasteiger partial charge in [0.15, 0.2) is 17.2 Å². The molecule has 0 bridgehead atoms. The number of aromatic hydroxyl groups is 2. The number of anilines is 1. The Kier molecular flexibility index (Phi) is 12.6. The molecule has 276 valence electrons. The molecule has 0 saturated carbocycles. The minimum absolute atomic E-state index is 0.0799. The number of carbonyl (C=O) groups excluding carboxylic acids is 3. The molecule has 2 fully saturated rings. The van der Waals surface area contributed by atoms with E-state index in [1.165, 1.54) is 49.2 Å². The summed E-state index contributed by atoms with van der Waals surface area (Å²) < 4.78 is 0.497. The SMILES string of the molecule is C=NC(=C\SCN)/C(=N/OC(C)(C)C(=O)O)C(=O)N[C@@H]1C(=O)N2C(C(=O)O)=C(C[N+]3(CCNC(=O)Nc4ccc(O)c(O)c4)CCCC3)CSC12. The van der Waals surface area contributed by atoms with Gasteiger partial charge in [0.2, 0.25) is 5.60 Å². The average Bonchev–Trinajstić information content (AvgIpc) is 3.54. The van der Waals surface area contributed by atoms with Crippen LogP contribution in [-0.2, 0) is 24.0 Å². The number of carbonyl (C=O) groups is 5. The number of thioether (sulfide) groups is 2. The number of β-lactam (4-membered cyclic amide) rings is 1. The van der Waals surface area contributed by atoms with Crippen LogP contribution in [0.5, 0.6) is 11.5 Å². The van der Waals surface area contributed by atoms with E-state index in [1.54, 1.807) is 0 Å². The molecule has 0 aliphatic carbocycles. The molecule has 3 aliphatic heterocycles. The van der Waals surface area contributed by atoms with Gasteiger partial charge in [0, 0.05) is 47.2 Å². The highest BCUT2D eigenvalue weighted by Gasteiger charge is 2.55. The van der Waals surface area contributed by atoms with Crippen LogP contribution in [0.25, 0.3) is 0 Å². The van der Waals surface area contributed by atoms with Crippen LogP contribution in [-0.4, -0.2) is 133 Å². The van der Waals surface area contributed by atoms with Crippen molar-refractivity contribution in [3.63, 3.8) is 0 Å². The van der Waals surface area contributed by atoms with Crippen molar-refractivity contribution in [1.82, 2.24) is 15.5 Å². The summed E-state index contributed by atoms with van der Waals surface area (Å²) in [5.74, 6) is -4.51. The van der Waals surface area contributed by atoms with Crippen molar-refractivity contribution in [1.29, 1.82) is 0 Å². The van der Waals surface area contributed by atoms with E-state index in [4.69, 9.17) is 10.6 Å². The molecule has 3 aliphatic rings. The van der Waals surface area contributed by atoms with E-state index in [1.807, 2.05) is 0 Å². The fraction of sp³-hybridized carbons (Fsp3) is 0.452. The fourth-order valence-corrected chi connectivity index (χ4v) is 7.54. The Bertz CT molecular complexity index is 1670. The highest BCUT2D eigenvalue weighted by atomic mass is 32.2. The third kappa shape index (κ3) is 9.12. The molecule has 2 atom stereocenters. The number of benzene rings is 1. The predicted molar refractivity (Wildman–Crippen MR) is 190 cm³/mol. The fourth-order valence-electron chi connectivity index (χ4n) is 5.77. The second kappa shape index (κ2) is 16.5. The molecule has 4 rings (SSSR count). The third-order valence-electron chi connectivity index (χ3n) is 8.48. The first-order chi connectivity index (χ1) is 24.1. The van der Waals surface area contributed by atoms with Gasteiger partial charge in [0.25, 0.3) is 11.8 Å². The van der Waals surface area contributed by atoms with Crippen molar-refractivity contribution in [2.75, 3.05) is 49.7 Å². The normalized spacial score (nSPS) is 20.2. The zero-order valence-corrected chi connectivity index (χ0v) is 29.6. The number of urea groups is 1. The summed E-state index contributed by atoms with van der Waals surface area (Å²) >= 11 is 2.36. The quantitative estimate of drug-likeness (QED) is 0.0223. The van der Waals surface area contributed by atoms with Crippen LogP contribution in [0.1, 0.15) is 26.7 Å². The number of carboxylic acids is 2. The van der Waals surface area contributed by atoms with Crippen LogP contribution in [0.4, 0.5) is 10.5 Å². The van der Waals surface area contributed by atoms with Crippen LogP contribution in [0.3, 0.4) is 0 Å². The van der Waals surface area contributed by atoms with Crippen molar-refractivity contribution >= 4 is 71.4 Å². The number of nitrogens with one attached hydrogen (secondary N) is 3. The van der Waals surface area contributed by atoms with Gasteiger partial charge in [-0.25, -0.2) is 14.4 Å². The molecule has 4 amide bonds. The lowest BCUT2D eigenvalue weighted by Crippen LogP contribution is -2.71. The second-order valence-corrected chi connectivity index (χ2v) is 14.4. The molecular weight excluding hydrogens is 709 g/mol. The lowest BCUT2D eigenvalue weighted by atomic mass is 10.0. The van der Waals surface area contributed by atoms with Crippen molar-refractivity contribution in [2.24, 2.45) is 15.9 Å². The number of hydrogen-bond donors (Lipinski definition) is 8. The topological polar surface area (TPSA) is 266 Å². The molecule has 0 radical (unpaired) electrons. The van der Waals surface area contributed by atoms with Gasteiger partial charge >= 0.3 is 18.0 Å².